The van der Waals surface area contributed by atoms with Crippen molar-refractivity contribution in [3.05, 3.63) is 39.4 Å². The molecular weight excluding hydrogens is 289 g/mol. The van der Waals surface area contributed by atoms with E-state index in [2.05, 4.69) is 33.2 Å². The van der Waals surface area contributed by atoms with Gasteiger partial charge in [-0.3, -0.25) is 0 Å². The van der Waals surface area contributed by atoms with Gasteiger partial charge in [0, 0.05) is 17.0 Å². The number of aromatic nitrogens is 2. The third kappa shape index (κ3) is 2.94. The lowest BCUT2D eigenvalue weighted by atomic mass is 10.3. The highest BCUT2D eigenvalue weighted by Gasteiger charge is 2.15. The van der Waals surface area contributed by atoms with Crippen LogP contribution < -0.4 is 4.90 Å². The van der Waals surface area contributed by atoms with E-state index >= 15 is 0 Å². The second-order valence-electron chi connectivity index (χ2n) is 3.69. The summed E-state index contributed by atoms with van der Waals surface area (Å²) in [4.78, 5) is 11.7. The third-order valence-corrected chi connectivity index (χ3v) is 4.07. The van der Waals surface area contributed by atoms with Gasteiger partial charge in [0.2, 0.25) is 0 Å². The molecule has 0 aliphatic carbocycles. The van der Waals surface area contributed by atoms with Crippen LogP contribution in [0.1, 0.15) is 17.4 Å². The summed E-state index contributed by atoms with van der Waals surface area (Å²) in [6.45, 7) is 3.74. The van der Waals surface area contributed by atoms with Crippen LogP contribution in [0.15, 0.2) is 23.8 Å². The van der Waals surface area contributed by atoms with Gasteiger partial charge >= 0.3 is 0 Å². The Kier molecular flexibility index (Phi) is 4.80. The van der Waals surface area contributed by atoms with Crippen LogP contribution in [0.5, 0.6) is 0 Å². The zero-order chi connectivity index (χ0) is 13.0. The number of halogens is 2. The van der Waals surface area contributed by atoms with Crippen LogP contribution in [0.4, 0.5) is 5.82 Å². The van der Waals surface area contributed by atoms with Crippen molar-refractivity contribution in [3.63, 3.8) is 0 Å². The quantitative estimate of drug-likeness (QED) is 0.618. The fourth-order valence-electron chi connectivity index (χ4n) is 1.70. The first-order valence-electron chi connectivity index (χ1n) is 5.59. The molecule has 2 rings (SSSR count). The van der Waals surface area contributed by atoms with Crippen molar-refractivity contribution < 1.29 is 0 Å². The van der Waals surface area contributed by atoms with Crippen molar-refractivity contribution in [2.75, 3.05) is 11.4 Å². The van der Waals surface area contributed by atoms with Gasteiger partial charge in [-0.2, -0.15) is 0 Å². The van der Waals surface area contributed by atoms with E-state index in [1.807, 2.05) is 6.07 Å². The number of rotatable bonds is 5. The first kappa shape index (κ1) is 13.6. The maximum absolute atomic E-state index is 6.05. The summed E-state index contributed by atoms with van der Waals surface area (Å²) in [7, 11) is 0. The van der Waals surface area contributed by atoms with Gasteiger partial charge in [0.05, 0.1) is 12.4 Å². The Hall–Kier alpha value is -0.840. The number of anilines is 1. The normalized spacial score (nSPS) is 10.6. The molecule has 0 radical (unpaired) electrons. The number of hydrogen-bond acceptors (Lipinski definition) is 4. The van der Waals surface area contributed by atoms with Gasteiger partial charge in [0.25, 0.3) is 0 Å². The maximum Gasteiger partial charge on any atom is 0.138 e. The minimum Gasteiger partial charge on any atom is -0.351 e. The summed E-state index contributed by atoms with van der Waals surface area (Å²) in [5.41, 5.74) is 0.791. The Balaban J connectivity index is 2.30. The Bertz CT molecular complexity index is 502. The van der Waals surface area contributed by atoms with Gasteiger partial charge in [-0.25, -0.2) is 9.97 Å². The van der Waals surface area contributed by atoms with E-state index in [0.29, 0.717) is 11.0 Å². The van der Waals surface area contributed by atoms with Gasteiger partial charge in [0.1, 0.15) is 17.3 Å². The maximum atomic E-state index is 6.05. The zero-order valence-electron chi connectivity index (χ0n) is 9.94. The Morgan fingerprint density at radius 1 is 1.39 bits per heavy atom. The van der Waals surface area contributed by atoms with Crippen LogP contribution in [0, 0.1) is 0 Å². The SMILES string of the molecule is CCN(Cc1cccs1)c1ncnc(Cl)c1CCl. The Labute approximate surface area is 120 Å². The molecule has 18 heavy (non-hydrogen) atoms. The molecule has 0 spiro atoms. The molecule has 0 aromatic carbocycles. The molecule has 0 aliphatic heterocycles. The van der Waals surface area contributed by atoms with E-state index < -0.39 is 0 Å². The fourth-order valence-corrected chi connectivity index (χ4v) is 2.93. The third-order valence-electron chi connectivity index (χ3n) is 2.61. The summed E-state index contributed by atoms with van der Waals surface area (Å²) in [5.74, 6) is 1.14. The molecule has 0 saturated carbocycles. The van der Waals surface area contributed by atoms with Crippen LogP contribution in [-0.4, -0.2) is 16.5 Å². The molecule has 0 bridgehead atoms. The van der Waals surface area contributed by atoms with Gasteiger partial charge < -0.3 is 4.90 Å². The predicted octanol–water partition coefficient (Wildman–Crippen LogP) is 3.96. The van der Waals surface area contributed by atoms with Crippen LogP contribution in [0.2, 0.25) is 5.15 Å². The average Bonchev–Trinajstić information content (AvgIpc) is 2.88. The van der Waals surface area contributed by atoms with Crippen LogP contribution >= 0.6 is 34.5 Å². The van der Waals surface area contributed by atoms with E-state index in [4.69, 9.17) is 23.2 Å². The fraction of sp³-hybridized carbons (Fsp3) is 0.333. The predicted molar refractivity (Wildman–Crippen MR) is 77.6 cm³/mol. The highest BCUT2D eigenvalue weighted by Crippen LogP contribution is 2.26. The van der Waals surface area contributed by atoms with E-state index in [1.54, 1.807) is 11.3 Å². The van der Waals surface area contributed by atoms with Gasteiger partial charge in [-0.1, -0.05) is 17.7 Å². The molecule has 6 heteroatoms. The molecule has 0 unspecified atom stereocenters. The molecule has 0 amide bonds. The summed E-state index contributed by atoms with van der Waals surface area (Å²) >= 11 is 13.7. The number of hydrogen-bond donors (Lipinski definition) is 0. The van der Waals surface area contributed by atoms with Crippen molar-refractivity contribution in [2.45, 2.75) is 19.3 Å². The summed E-state index contributed by atoms with van der Waals surface area (Å²) in [6.07, 6.45) is 1.48. The van der Waals surface area contributed by atoms with Crippen LogP contribution in [0.3, 0.4) is 0 Å². The zero-order valence-corrected chi connectivity index (χ0v) is 12.3. The summed E-state index contributed by atoms with van der Waals surface area (Å²) in [5, 5.41) is 2.50. The van der Waals surface area contributed by atoms with Gasteiger partial charge in [-0.15, -0.1) is 22.9 Å². The highest BCUT2D eigenvalue weighted by molar-refractivity contribution is 7.09. The Morgan fingerprint density at radius 2 is 2.22 bits per heavy atom. The average molecular weight is 302 g/mol. The van der Waals surface area contributed by atoms with Crippen molar-refractivity contribution in [2.24, 2.45) is 0 Å². The van der Waals surface area contributed by atoms with E-state index in [-0.39, 0.29) is 0 Å². The van der Waals surface area contributed by atoms with Crippen molar-refractivity contribution in [1.29, 1.82) is 0 Å². The smallest absolute Gasteiger partial charge is 0.138 e. The molecule has 2 aromatic rings. The number of nitrogens with zero attached hydrogens (tertiary/aromatic N) is 3. The first-order chi connectivity index (χ1) is 8.76. The monoisotopic (exact) mass is 301 g/mol. The lowest BCUT2D eigenvalue weighted by Gasteiger charge is -2.23. The van der Waals surface area contributed by atoms with Gasteiger partial charge in [-0.05, 0) is 18.4 Å². The highest BCUT2D eigenvalue weighted by atomic mass is 35.5. The molecule has 3 nitrogen and oxygen atoms in total. The molecule has 0 N–H and O–H groups in total. The second-order valence-corrected chi connectivity index (χ2v) is 5.35. The molecule has 2 heterocycles. The molecule has 96 valence electrons. The largest absolute Gasteiger partial charge is 0.351 e. The topological polar surface area (TPSA) is 29.0 Å². The van der Waals surface area contributed by atoms with Crippen LogP contribution in [-0.2, 0) is 12.4 Å². The summed E-state index contributed by atoms with van der Waals surface area (Å²) < 4.78 is 0. The van der Waals surface area contributed by atoms with E-state index in [9.17, 15) is 0 Å². The first-order valence-corrected chi connectivity index (χ1v) is 7.38. The standard InChI is InChI=1S/C12H13Cl2N3S/c1-2-17(7-9-4-3-5-18-9)12-10(6-13)11(14)15-8-16-12/h3-5,8H,2,6-7H2,1H3. The molecule has 2 aromatic heterocycles. The van der Waals surface area contributed by atoms with E-state index in [0.717, 1.165) is 24.5 Å². The molecule has 0 fully saturated rings. The van der Waals surface area contributed by atoms with E-state index in [1.165, 1.54) is 11.2 Å². The van der Waals surface area contributed by atoms with Crippen molar-refractivity contribution in [3.8, 4) is 0 Å². The lowest BCUT2D eigenvalue weighted by molar-refractivity contribution is 0.812. The molecular formula is C12H13Cl2N3S. The molecule has 0 saturated heterocycles. The minimum atomic E-state index is 0.315. The minimum absolute atomic E-state index is 0.315. The molecule has 0 aliphatic rings. The van der Waals surface area contributed by atoms with Gasteiger partial charge in [0.15, 0.2) is 0 Å². The van der Waals surface area contributed by atoms with Crippen LogP contribution in [0.25, 0.3) is 0 Å². The molecule has 0 atom stereocenters. The van der Waals surface area contributed by atoms with Crippen molar-refractivity contribution >= 4 is 40.4 Å². The van der Waals surface area contributed by atoms with Crippen molar-refractivity contribution in [1.82, 2.24) is 9.97 Å². The lowest BCUT2D eigenvalue weighted by Crippen LogP contribution is -2.24. The summed E-state index contributed by atoms with van der Waals surface area (Å²) in [6, 6.07) is 4.15. The Morgan fingerprint density at radius 3 is 2.83 bits per heavy atom. The number of thiophene rings is 1. The number of alkyl halides is 1. The second kappa shape index (κ2) is 6.36.